The second-order valence-corrected chi connectivity index (χ2v) is 5.65. The lowest BCUT2D eigenvalue weighted by Crippen LogP contribution is -2.47. The molecule has 0 saturated carbocycles. The normalized spacial score (nSPS) is 15.5. The molecule has 5 nitrogen and oxygen atoms in total. The van der Waals surface area contributed by atoms with Gasteiger partial charge in [0, 0.05) is 6.54 Å². The van der Waals surface area contributed by atoms with E-state index in [0.717, 1.165) is 18.6 Å². The van der Waals surface area contributed by atoms with Crippen LogP contribution < -0.4 is 15.8 Å². The minimum atomic E-state index is -4.46. The number of hydrogen-bond donors (Lipinski definition) is 3. The molecular weight excluding hydrogens is 325 g/mol. The molecule has 1 aromatic rings. The molecule has 0 fully saturated rings. The molecule has 0 bridgehead atoms. The monoisotopic (exact) mass is 348 g/mol. The number of halogens is 3. The van der Waals surface area contributed by atoms with E-state index in [4.69, 9.17) is 10.5 Å². The number of hydrogen-bond acceptors (Lipinski definition) is 4. The molecule has 1 aromatic carbocycles. The number of nitrogens with one attached hydrogen (secondary N) is 1. The summed E-state index contributed by atoms with van der Waals surface area (Å²) < 4.78 is 42.9. The van der Waals surface area contributed by atoms with Crippen molar-refractivity contribution in [3.63, 3.8) is 0 Å². The number of rotatable bonds is 8. The van der Waals surface area contributed by atoms with Gasteiger partial charge in [-0.2, -0.15) is 13.2 Å². The van der Waals surface area contributed by atoms with Crippen molar-refractivity contribution in [3.05, 3.63) is 29.8 Å². The van der Waals surface area contributed by atoms with Crippen LogP contribution >= 0.6 is 0 Å². The van der Waals surface area contributed by atoms with E-state index >= 15 is 0 Å². The number of alkyl halides is 3. The summed E-state index contributed by atoms with van der Waals surface area (Å²) in [6.07, 6.45) is -4.78. The number of benzene rings is 1. The molecule has 3 unspecified atom stereocenters. The Morgan fingerprint density at radius 2 is 2.08 bits per heavy atom. The number of aliphatic hydroxyl groups excluding tert-OH is 1. The van der Waals surface area contributed by atoms with Gasteiger partial charge in [-0.05, 0) is 24.1 Å². The fraction of sp³-hybridized carbons (Fsp3) is 0.562. The molecule has 24 heavy (non-hydrogen) atoms. The fourth-order valence-electron chi connectivity index (χ4n) is 1.86. The zero-order chi connectivity index (χ0) is 18.3. The minimum absolute atomic E-state index is 0.00324. The first-order valence-electron chi connectivity index (χ1n) is 7.66. The molecule has 0 aliphatic rings. The fourth-order valence-corrected chi connectivity index (χ4v) is 1.86. The standard InChI is InChI=1S/C16H23F3N2O3/c1-3-10(2)14(20)15(23)21-8-12(22)9-24-13-6-4-5-11(7-13)16(17,18)19/h4-7,10,12,14,22H,3,8-9,20H2,1-2H3,(H,21,23). The van der Waals surface area contributed by atoms with E-state index in [9.17, 15) is 23.1 Å². The van der Waals surface area contributed by atoms with Crippen LogP contribution in [0.15, 0.2) is 24.3 Å². The van der Waals surface area contributed by atoms with Gasteiger partial charge in [-0.15, -0.1) is 0 Å². The summed E-state index contributed by atoms with van der Waals surface area (Å²) in [4.78, 5) is 11.8. The lowest BCUT2D eigenvalue weighted by Gasteiger charge is -2.19. The highest BCUT2D eigenvalue weighted by atomic mass is 19.4. The van der Waals surface area contributed by atoms with Crippen LogP contribution in [0.25, 0.3) is 0 Å². The van der Waals surface area contributed by atoms with Crippen molar-refractivity contribution in [2.24, 2.45) is 11.7 Å². The van der Waals surface area contributed by atoms with E-state index in [0.29, 0.717) is 0 Å². The van der Waals surface area contributed by atoms with Crippen molar-refractivity contribution in [2.45, 2.75) is 38.6 Å². The van der Waals surface area contributed by atoms with E-state index in [1.165, 1.54) is 12.1 Å². The Kier molecular flexibility index (Phi) is 7.50. The highest BCUT2D eigenvalue weighted by molar-refractivity contribution is 5.81. The third-order valence-corrected chi connectivity index (χ3v) is 3.68. The molecule has 4 N–H and O–H groups in total. The Morgan fingerprint density at radius 3 is 2.67 bits per heavy atom. The maximum Gasteiger partial charge on any atom is 0.416 e. The first kappa shape index (κ1) is 20.2. The molecule has 8 heteroatoms. The van der Waals surface area contributed by atoms with E-state index in [1.54, 1.807) is 0 Å². The Balaban J connectivity index is 2.44. The van der Waals surface area contributed by atoms with Crippen molar-refractivity contribution in [2.75, 3.05) is 13.2 Å². The molecule has 1 amide bonds. The zero-order valence-electron chi connectivity index (χ0n) is 13.6. The summed E-state index contributed by atoms with van der Waals surface area (Å²) in [5.41, 5.74) is 4.92. The minimum Gasteiger partial charge on any atom is -0.491 e. The van der Waals surface area contributed by atoms with Gasteiger partial charge >= 0.3 is 6.18 Å². The van der Waals surface area contributed by atoms with Gasteiger partial charge in [-0.3, -0.25) is 4.79 Å². The summed E-state index contributed by atoms with van der Waals surface area (Å²) >= 11 is 0. The van der Waals surface area contributed by atoms with Gasteiger partial charge in [0.25, 0.3) is 0 Å². The number of carbonyl (C=O) groups is 1. The molecular formula is C16H23F3N2O3. The SMILES string of the molecule is CCC(C)C(N)C(=O)NCC(O)COc1cccc(C(F)(F)F)c1. The van der Waals surface area contributed by atoms with Crippen molar-refractivity contribution in [1.29, 1.82) is 0 Å². The molecule has 0 heterocycles. The van der Waals surface area contributed by atoms with Crippen molar-refractivity contribution in [3.8, 4) is 5.75 Å². The topological polar surface area (TPSA) is 84.6 Å². The predicted octanol–water partition coefficient (Wildman–Crippen LogP) is 1.93. The van der Waals surface area contributed by atoms with Gasteiger partial charge in [-0.25, -0.2) is 0 Å². The quantitative estimate of drug-likeness (QED) is 0.670. The van der Waals surface area contributed by atoms with Crippen LogP contribution in [0.2, 0.25) is 0 Å². The van der Waals surface area contributed by atoms with E-state index < -0.39 is 23.9 Å². The van der Waals surface area contributed by atoms with Gasteiger partial charge in [0.2, 0.25) is 5.91 Å². The zero-order valence-corrected chi connectivity index (χ0v) is 13.6. The predicted molar refractivity (Wildman–Crippen MR) is 83.4 cm³/mol. The van der Waals surface area contributed by atoms with Crippen LogP contribution in [0.4, 0.5) is 13.2 Å². The number of amides is 1. The second kappa shape index (κ2) is 8.89. The summed E-state index contributed by atoms with van der Waals surface area (Å²) in [5, 5.41) is 12.3. The van der Waals surface area contributed by atoms with Gasteiger partial charge in [0.1, 0.15) is 18.5 Å². The first-order valence-corrected chi connectivity index (χ1v) is 7.66. The van der Waals surface area contributed by atoms with Crippen LogP contribution in [0.1, 0.15) is 25.8 Å². The maximum absolute atomic E-state index is 12.6. The first-order chi connectivity index (χ1) is 11.1. The van der Waals surface area contributed by atoms with Crippen LogP contribution in [-0.2, 0) is 11.0 Å². The molecule has 0 radical (unpaired) electrons. The lowest BCUT2D eigenvalue weighted by molar-refractivity contribution is -0.137. The summed E-state index contributed by atoms with van der Waals surface area (Å²) in [6, 6.07) is 3.69. The van der Waals surface area contributed by atoms with Gasteiger partial charge in [0.15, 0.2) is 0 Å². The van der Waals surface area contributed by atoms with Crippen LogP contribution in [0.3, 0.4) is 0 Å². The molecule has 0 aliphatic heterocycles. The third kappa shape index (κ3) is 6.37. The van der Waals surface area contributed by atoms with Crippen molar-refractivity contribution >= 4 is 5.91 Å². The van der Waals surface area contributed by atoms with E-state index in [2.05, 4.69) is 5.32 Å². The molecule has 136 valence electrons. The van der Waals surface area contributed by atoms with E-state index in [-0.39, 0.29) is 30.7 Å². The molecule has 0 aliphatic carbocycles. The van der Waals surface area contributed by atoms with Crippen LogP contribution in [0, 0.1) is 5.92 Å². The van der Waals surface area contributed by atoms with Crippen molar-refractivity contribution in [1.82, 2.24) is 5.32 Å². The Labute approximate surface area is 139 Å². The Bertz CT molecular complexity index is 538. The highest BCUT2D eigenvalue weighted by Crippen LogP contribution is 2.31. The maximum atomic E-state index is 12.6. The number of carbonyl (C=O) groups excluding carboxylic acids is 1. The van der Waals surface area contributed by atoms with E-state index in [1.807, 2.05) is 13.8 Å². The van der Waals surface area contributed by atoms with Gasteiger partial charge < -0.3 is 20.9 Å². The average molecular weight is 348 g/mol. The highest BCUT2D eigenvalue weighted by Gasteiger charge is 2.30. The second-order valence-electron chi connectivity index (χ2n) is 5.65. The molecule has 0 spiro atoms. The average Bonchev–Trinajstić information content (AvgIpc) is 2.55. The molecule has 1 rings (SSSR count). The van der Waals surface area contributed by atoms with Gasteiger partial charge in [-0.1, -0.05) is 26.3 Å². The third-order valence-electron chi connectivity index (χ3n) is 3.68. The number of ether oxygens (including phenoxy) is 1. The van der Waals surface area contributed by atoms with Gasteiger partial charge in [0.05, 0.1) is 11.6 Å². The van der Waals surface area contributed by atoms with Crippen molar-refractivity contribution < 1.29 is 27.8 Å². The smallest absolute Gasteiger partial charge is 0.416 e. The Hall–Kier alpha value is -1.80. The number of aliphatic hydroxyl groups is 1. The summed E-state index contributed by atoms with van der Waals surface area (Å²) in [7, 11) is 0. The summed E-state index contributed by atoms with van der Waals surface area (Å²) in [5.74, 6) is -0.391. The lowest BCUT2D eigenvalue weighted by atomic mass is 9.99. The molecule has 3 atom stereocenters. The number of nitrogens with two attached hydrogens (primary N) is 1. The summed E-state index contributed by atoms with van der Waals surface area (Å²) in [6.45, 7) is 3.41. The Morgan fingerprint density at radius 1 is 1.42 bits per heavy atom. The van der Waals surface area contributed by atoms with Crippen LogP contribution in [0.5, 0.6) is 5.75 Å². The largest absolute Gasteiger partial charge is 0.491 e. The molecule has 0 saturated heterocycles. The van der Waals surface area contributed by atoms with Crippen LogP contribution in [-0.4, -0.2) is 36.3 Å². The molecule has 0 aromatic heterocycles.